The molecular formula is C10H18F3NO3. The minimum absolute atomic E-state index is 0.315. The Morgan fingerprint density at radius 3 is 2.18 bits per heavy atom. The Bertz CT molecular complexity index is 248. The van der Waals surface area contributed by atoms with Gasteiger partial charge in [-0.3, -0.25) is 4.74 Å². The van der Waals surface area contributed by atoms with Crippen molar-refractivity contribution >= 4 is 6.09 Å². The lowest BCUT2D eigenvalue weighted by atomic mass is 10.2. The lowest BCUT2D eigenvalue weighted by Gasteiger charge is -2.23. The Kier molecular flexibility index (Phi) is 5.74. The first-order valence-electron chi connectivity index (χ1n) is 5.23. The van der Waals surface area contributed by atoms with E-state index in [2.05, 4.69) is 10.1 Å². The first-order chi connectivity index (χ1) is 7.53. The second-order valence-corrected chi connectivity index (χ2v) is 4.51. The number of alkyl carbamates (subject to hydrolysis) is 1. The van der Waals surface area contributed by atoms with E-state index in [1.165, 1.54) is 0 Å². The van der Waals surface area contributed by atoms with E-state index in [4.69, 9.17) is 4.74 Å². The van der Waals surface area contributed by atoms with Gasteiger partial charge in [0.25, 0.3) is 0 Å². The fourth-order valence-electron chi connectivity index (χ4n) is 0.931. The first kappa shape index (κ1) is 16.0. The molecule has 0 rings (SSSR count). The third-order valence-electron chi connectivity index (χ3n) is 1.66. The summed E-state index contributed by atoms with van der Waals surface area (Å²) in [7, 11) is 0. The van der Waals surface area contributed by atoms with Crippen molar-refractivity contribution in [1.29, 1.82) is 0 Å². The molecule has 0 aromatic heterocycles. The predicted molar refractivity (Wildman–Crippen MR) is 55.5 cm³/mol. The quantitative estimate of drug-likeness (QED) is 0.842. The van der Waals surface area contributed by atoms with Crippen LogP contribution < -0.4 is 5.32 Å². The van der Waals surface area contributed by atoms with E-state index < -0.39 is 30.7 Å². The van der Waals surface area contributed by atoms with Gasteiger partial charge in [0.05, 0.1) is 12.6 Å². The summed E-state index contributed by atoms with van der Waals surface area (Å²) in [5, 5.41) is 2.31. The molecule has 0 aliphatic heterocycles. The molecule has 1 N–H and O–H groups in total. The van der Waals surface area contributed by atoms with E-state index in [0.29, 0.717) is 6.42 Å². The number of amides is 1. The summed E-state index contributed by atoms with van der Waals surface area (Å²) in [5.41, 5.74) is -0.687. The van der Waals surface area contributed by atoms with E-state index in [1.54, 1.807) is 27.7 Å². The van der Waals surface area contributed by atoms with Crippen molar-refractivity contribution in [2.75, 3.05) is 6.61 Å². The predicted octanol–water partition coefficient (Wildman–Crippen LogP) is 2.83. The minimum Gasteiger partial charge on any atom is -0.444 e. The average Bonchev–Trinajstić information content (AvgIpc) is 2.07. The molecular weight excluding hydrogens is 239 g/mol. The number of carbonyl (C=O) groups is 1. The molecule has 1 atom stereocenters. The lowest BCUT2D eigenvalue weighted by Crippen LogP contribution is -2.42. The van der Waals surface area contributed by atoms with Crippen molar-refractivity contribution in [2.45, 2.75) is 52.1 Å². The standard InChI is InChI=1S/C10H18F3NO3/c1-5-7(6-16-10(11,12)13)14-8(15)17-9(2,3)4/h7H,5-6H2,1-4H3,(H,14,15). The van der Waals surface area contributed by atoms with Crippen molar-refractivity contribution in [3.05, 3.63) is 0 Å². The highest BCUT2D eigenvalue weighted by Gasteiger charge is 2.30. The third-order valence-corrected chi connectivity index (χ3v) is 1.66. The molecule has 0 heterocycles. The van der Waals surface area contributed by atoms with Crippen LogP contribution in [-0.4, -0.2) is 30.7 Å². The molecule has 0 radical (unpaired) electrons. The fourth-order valence-corrected chi connectivity index (χ4v) is 0.931. The Hall–Kier alpha value is -0.980. The maximum absolute atomic E-state index is 11.8. The highest BCUT2D eigenvalue weighted by atomic mass is 19.4. The molecule has 4 nitrogen and oxygen atoms in total. The zero-order valence-corrected chi connectivity index (χ0v) is 10.4. The fraction of sp³-hybridized carbons (Fsp3) is 0.900. The summed E-state index contributed by atoms with van der Waals surface area (Å²) in [6, 6.07) is -0.730. The summed E-state index contributed by atoms with van der Waals surface area (Å²) in [6.45, 7) is 6.01. The largest absolute Gasteiger partial charge is 0.522 e. The first-order valence-corrected chi connectivity index (χ1v) is 5.23. The molecule has 0 fully saturated rings. The molecule has 0 spiro atoms. The molecule has 7 heteroatoms. The number of ether oxygens (including phenoxy) is 2. The average molecular weight is 257 g/mol. The van der Waals surface area contributed by atoms with Crippen molar-refractivity contribution < 1.29 is 27.4 Å². The van der Waals surface area contributed by atoms with E-state index in [-0.39, 0.29) is 0 Å². The topological polar surface area (TPSA) is 47.6 Å². The van der Waals surface area contributed by atoms with Gasteiger partial charge in [-0.25, -0.2) is 4.79 Å². The van der Waals surface area contributed by atoms with Crippen LogP contribution in [0.1, 0.15) is 34.1 Å². The number of carbonyl (C=O) groups excluding carboxylic acids is 1. The zero-order chi connectivity index (χ0) is 13.7. The molecule has 0 aliphatic carbocycles. The van der Waals surface area contributed by atoms with Crippen LogP contribution in [0.2, 0.25) is 0 Å². The molecule has 0 aromatic carbocycles. The van der Waals surface area contributed by atoms with Crippen LogP contribution in [0.4, 0.5) is 18.0 Å². The van der Waals surface area contributed by atoms with Crippen LogP contribution in [-0.2, 0) is 9.47 Å². The van der Waals surface area contributed by atoms with Gasteiger partial charge in [0.15, 0.2) is 0 Å². The molecule has 1 unspecified atom stereocenters. The molecule has 0 saturated heterocycles. The summed E-state index contributed by atoms with van der Waals surface area (Å²) in [4.78, 5) is 11.3. The van der Waals surface area contributed by atoms with Gasteiger partial charge >= 0.3 is 12.5 Å². The van der Waals surface area contributed by atoms with Crippen LogP contribution in [0.5, 0.6) is 0 Å². The van der Waals surface area contributed by atoms with Gasteiger partial charge in [0, 0.05) is 0 Å². The van der Waals surface area contributed by atoms with Gasteiger partial charge in [-0.1, -0.05) is 6.92 Å². The number of alkyl halides is 3. The number of hydrogen-bond donors (Lipinski definition) is 1. The highest BCUT2D eigenvalue weighted by Crippen LogP contribution is 2.16. The van der Waals surface area contributed by atoms with Crippen LogP contribution >= 0.6 is 0 Å². The van der Waals surface area contributed by atoms with Crippen LogP contribution in [0.15, 0.2) is 0 Å². The number of hydrogen-bond acceptors (Lipinski definition) is 3. The normalized spacial score (nSPS) is 14.3. The van der Waals surface area contributed by atoms with Gasteiger partial charge in [0.2, 0.25) is 0 Å². The van der Waals surface area contributed by atoms with E-state index in [0.717, 1.165) is 0 Å². The molecule has 0 saturated carbocycles. The third kappa shape index (κ3) is 9.92. The lowest BCUT2D eigenvalue weighted by molar-refractivity contribution is -0.326. The minimum atomic E-state index is -4.69. The molecule has 102 valence electrons. The molecule has 1 amide bonds. The molecule has 17 heavy (non-hydrogen) atoms. The number of nitrogens with one attached hydrogen (secondary N) is 1. The van der Waals surface area contributed by atoms with Crippen LogP contribution in [0, 0.1) is 0 Å². The van der Waals surface area contributed by atoms with Gasteiger partial charge in [-0.2, -0.15) is 0 Å². The second-order valence-electron chi connectivity index (χ2n) is 4.51. The Labute approximate surface area is 98.5 Å². The number of rotatable bonds is 4. The van der Waals surface area contributed by atoms with Crippen molar-refractivity contribution in [1.82, 2.24) is 5.32 Å². The summed E-state index contributed by atoms with van der Waals surface area (Å²) in [5.74, 6) is 0. The van der Waals surface area contributed by atoms with Crippen molar-refractivity contribution in [2.24, 2.45) is 0 Å². The summed E-state index contributed by atoms with van der Waals surface area (Å²) < 4.78 is 43.9. The maximum Gasteiger partial charge on any atom is 0.522 e. The summed E-state index contributed by atoms with van der Waals surface area (Å²) in [6.07, 6.45) is -5.13. The van der Waals surface area contributed by atoms with Crippen LogP contribution in [0.3, 0.4) is 0 Å². The SMILES string of the molecule is CCC(COC(F)(F)F)NC(=O)OC(C)(C)C. The molecule has 0 aromatic rings. The Morgan fingerprint density at radius 2 is 1.82 bits per heavy atom. The monoisotopic (exact) mass is 257 g/mol. The van der Waals surface area contributed by atoms with Gasteiger partial charge < -0.3 is 10.1 Å². The van der Waals surface area contributed by atoms with Crippen LogP contribution in [0.25, 0.3) is 0 Å². The maximum atomic E-state index is 11.8. The summed E-state index contributed by atoms with van der Waals surface area (Å²) >= 11 is 0. The second kappa shape index (κ2) is 6.09. The van der Waals surface area contributed by atoms with E-state index in [1.807, 2.05) is 0 Å². The van der Waals surface area contributed by atoms with Gasteiger partial charge in [0.1, 0.15) is 5.60 Å². The highest BCUT2D eigenvalue weighted by molar-refractivity contribution is 5.68. The smallest absolute Gasteiger partial charge is 0.444 e. The van der Waals surface area contributed by atoms with Crippen molar-refractivity contribution in [3.8, 4) is 0 Å². The molecule has 0 bridgehead atoms. The van der Waals surface area contributed by atoms with Gasteiger partial charge in [-0.05, 0) is 27.2 Å². The Morgan fingerprint density at radius 1 is 1.29 bits per heavy atom. The van der Waals surface area contributed by atoms with Gasteiger partial charge in [-0.15, -0.1) is 13.2 Å². The Balaban J connectivity index is 4.09. The number of halogens is 3. The van der Waals surface area contributed by atoms with E-state index >= 15 is 0 Å². The molecule has 0 aliphatic rings. The van der Waals surface area contributed by atoms with E-state index in [9.17, 15) is 18.0 Å². The zero-order valence-electron chi connectivity index (χ0n) is 10.4. The van der Waals surface area contributed by atoms with Crippen molar-refractivity contribution in [3.63, 3.8) is 0 Å².